The van der Waals surface area contributed by atoms with Crippen molar-refractivity contribution in [2.24, 2.45) is 0 Å². The molecule has 0 unspecified atom stereocenters. The van der Waals surface area contributed by atoms with Gasteiger partial charge >= 0.3 is 0 Å². The third-order valence-corrected chi connectivity index (χ3v) is 3.15. The smallest absolute Gasteiger partial charge is 0.0478 e. The zero-order valence-electron chi connectivity index (χ0n) is 8.55. The molecule has 0 amide bonds. The van der Waals surface area contributed by atoms with Crippen LogP contribution in [-0.2, 0) is 0 Å². The molecule has 0 saturated carbocycles. The maximum Gasteiger partial charge on any atom is 0.0478 e. The lowest BCUT2D eigenvalue weighted by atomic mass is 10.2. The van der Waals surface area contributed by atoms with Crippen LogP contribution in [-0.4, -0.2) is 9.36 Å². The van der Waals surface area contributed by atoms with Gasteiger partial charge in [0.15, 0.2) is 0 Å². The lowest BCUT2D eigenvalue weighted by molar-refractivity contribution is 1.43. The SMILES string of the molecule is C(=Cc1ccns1)c1cc2ccccc2[nH]1. The van der Waals surface area contributed by atoms with E-state index >= 15 is 0 Å². The molecule has 3 heteroatoms. The van der Waals surface area contributed by atoms with Crippen LogP contribution in [0.25, 0.3) is 23.1 Å². The van der Waals surface area contributed by atoms with E-state index in [2.05, 4.69) is 39.7 Å². The number of aromatic amines is 1. The van der Waals surface area contributed by atoms with Crippen LogP contribution >= 0.6 is 11.5 Å². The van der Waals surface area contributed by atoms with Crippen molar-refractivity contribution in [1.82, 2.24) is 9.36 Å². The average molecular weight is 226 g/mol. The van der Waals surface area contributed by atoms with Gasteiger partial charge < -0.3 is 4.98 Å². The molecule has 78 valence electrons. The van der Waals surface area contributed by atoms with E-state index in [1.807, 2.05) is 24.4 Å². The largest absolute Gasteiger partial charge is 0.355 e. The van der Waals surface area contributed by atoms with E-state index < -0.39 is 0 Å². The number of H-pyrrole nitrogens is 1. The van der Waals surface area contributed by atoms with Crippen LogP contribution in [0.3, 0.4) is 0 Å². The monoisotopic (exact) mass is 226 g/mol. The van der Waals surface area contributed by atoms with Crippen LogP contribution in [0, 0.1) is 0 Å². The maximum absolute atomic E-state index is 4.06. The van der Waals surface area contributed by atoms with E-state index in [0.29, 0.717) is 0 Å². The molecule has 0 aliphatic rings. The summed E-state index contributed by atoms with van der Waals surface area (Å²) in [4.78, 5) is 4.52. The lowest BCUT2D eigenvalue weighted by Gasteiger charge is -1.85. The molecule has 0 atom stereocenters. The molecule has 0 aliphatic heterocycles. The first-order valence-corrected chi connectivity index (χ1v) is 5.86. The highest BCUT2D eigenvalue weighted by atomic mass is 32.1. The van der Waals surface area contributed by atoms with Gasteiger partial charge in [-0.15, -0.1) is 0 Å². The zero-order valence-corrected chi connectivity index (χ0v) is 9.37. The fraction of sp³-hybridized carbons (Fsp3) is 0. The Balaban J connectivity index is 1.95. The molecule has 3 aromatic rings. The average Bonchev–Trinajstić information content (AvgIpc) is 2.95. The summed E-state index contributed by atoms with van der Waals surface area (Å²) in [6.45, 7) is 0. The van der Waals surface area contributed by atoms with Gasteiger partial charge in [0.1, 0.15) is 0 Å². The fourth-order valence-electron chi connectivity index (χ4n) is 1.67. The van der Waals surface area contributed by atoms with Crippen LogP contribution in [0.4, 0.5) is 0 Å². The number of aromatic nitrogens is 2. The summed E-state index contributed by atoms with van der Waals surface area (Å²) in [6.07, 6.45) is 5.96. The first kappa shape index (κ1) is 9.36. The standard InChI is InChI=1S/C13H10N2S/c1-2-4-13-10(3-1)9-11(15-13)5-6-12-7-8-14-16-12/h1-9,15H. The highest BCUT2D eigenvalue weighted by Gasteiger charge is 1.96. The van der Waals surface area contributed by atoms with Crippen molar-refractivity contribution < 1.29 is 0 Å². The van der Waals surface area contributed by atoms with Gasteiger partial charge in [0.25, 0.3) is 0 Å². The maximum atomic E-state index is 4.06. The van der Waals surface area contributed by atoms with E-state index in [9.17, 15) is 0 Å². The van der Waals surface area contributed by atoms with E-state index in [-0.39, 0.29) is 0 Å². The molecule has 2 aromatic heterocycles. The molecule has 0 fully saturated rings. The van der Waals surface area contributed by atoms with Gasteiger partial charge in [-0.2, -0.15) is 0 Å². The van der Waals surface area contributed by atoms with Crippen molar-refractivity contribution in [1.29, 1.82) is 0 Å². The summed E-state index contributed by atoms with van der Waals surface area (Å²) in [7, 11) is 0. The van der Waals surface area contributed by atoms with Gasteiger partial charge in [0, 0.05) is 22.3 Å². The minimum atomic E-state index is 1.12. The minimum absolute atomic E-state index is 1.12. The third-order valence-electron chi connectivity index (χ3n) is 2.44. The lowest BCUT2D eigenvalue weighted by Crippen LogP contribution is -1.68. The number of nitrogens with one attached hydrogen (secondary N) is 1. The topological polar surface area (TPSA) is 28.7 Å². The van der Waals surface area contributed by atoms with E-state index in [1.165, 1.54) is 27.3 Å². The number of hydrogen-bond donors (Lipinski definition) is 1. The molecule has 1 N–H and O–H groups in total. The molecule has 1 aromatic carbocycles. The Labute approximate surface area is 97.4 Å². The summed E-state index contributed by atoms with van der Waals surface area (Å²) < 4.78 is 4.06. The third kappa shape index (κ3) is 1.77. The van der Waals surface area contributed by atoms with Crippen molar-refractivity contribution in [3.05, 3.63) is 53.2 Å². The summed E-state index contributed by atoms with van der Waals surface area (Å²) in [5.74, 6) is 0. The molecule has 0 radical (unpaired) electrons. The Morgan fingerprint density at radius 2 is 2.06 bits per heavy atom. The minimum Gasteiger partial charge on any atom is -0.355 e. The molecular weight excluding hydrogens is 216 g/mol. The van der Waals surface area contributed by atoms with Gasteiger partial charge in [-0.25, -0.2) is 4.37 Å². The number of hydrogen-bond acceptors (Lipinski definition) is 2. The van der Waals surface area contributed by atoms with Gasteiger partial charge in [0.05, 0.1) is 0 Å². The molecule has 2 heterocycles. The van der Waals surface area contributed by atoms with E-state index in [0.717, 1.165) is 5.69 Å². The normalized spacial score (nSPS) is 11.5. The number of rotatable bonds is 2. The second kappa shape index (κ2) is 3.94. The second-order valence-electron chi connectivity index (χ2n) is 3.56. The van der Waals surface area contributed by atoms with E-state index in [4.69, 9.17) is 0 Å². The molecule has 0 aliphatic carbocycles. The highest BCUT2D eigenvalue weighted by Crippen LogP contribution is 2.17. The van der Waals surface area contributed by atoms with Crippen molar-refractivity contribution >= 4 is 34.6 Å². The first-order valence-electron chi connectivity index (χ1n) is 5.08. The molecule has 2 nitrogen and oxygen atoms in total. The van der Waals surface area contributed by atoms with Crippen LogP contribution in [0.5, 0.6) is 0 Å². The molecule has 16 heavy (non-hydrogen) atoms. The fourth-order valence-corrected chi connectivity index (χ4v) is 2.16. The van der Waals surface area contributed by atoms with Crippen molar-refractivity contribution in [2.45, 2.75) is 0 Å². The summed E-state index contributed by atoms with van der Waals surface area (Å²) in [6, 6.07) is 12.4. The van der Waals surface area contributed by atoms with Crippen molar-refractivity contribution in [2.75, 3.05) is 0 Å². The molecule has 0 saturated heterocycles. The Morgan fingerprint density at radius 1 is 1.12 bits per heavy atom. The summed E-state index contributed by atoms with van der Waals surface area (Å²) in [5.41, 5.74) is 2.29. The van der Waals surface area contributed by atoms with Crippen LogP contribution in [0.2, 0.25) is 0 Å². The first-order chi connectivity index (χ1) is 7.92. The highest BCUT2D eigenvalue weighted by molar-refractivity contribution is 7.06. The number of nitrogens with zero attached hydrogens (tertiary/aromatic N) is 1. The van der Waals surface area contributed by atoms with Crippen LogP contribution in [0.15, 0.2) is 42.6 Å². The van der Waals surface area contributed by atoms with Crippen LogP contribution < -0.4 is 0 Å². The number of para-hydroxylation sites is 1. The van der Waals surface area contributed by atoms with Gasteiger partial charge in [-0.3, -0.25) is 0 Å². The Bertz CT molecular complexity index is 587. The Morgan fingerprint density at radius 3 is 2.88 bits per heavy atom. The molecule has 0 spiro atoms. The Hall–Kier alpha value is -1.87. The quantitative estimate of drug-likeness (QED) is 0.707. The van der Waals surface area contributed by atoms with Gasteiger partial charge in [-0.05, 0) is 47.3 Å². The summed E-state index contributed by atoms with van der Waals surface area (Å²) >= 11 is 1.50. The molecular formula is C13H10N2S. The molecule has 3 rings (SSSR count). The number of benzene rings is 1. The predicted octanol–water partition coefficient (Wildman–Crippen LogP) is 3.79. The van der Waals surface area contributed by atoms with Crippen molar-refractivity contribution in [3.63, 3.8) is 0 Å². The summed E-state index contributed by atoms with van der Waals surface area (Å²) in [5, 5.41) is 1.24. The molecule has 0 bridgehead atoms. The second-order valence-corrected chi connectivity index (χ2v) is 4.42. The van der Waals surface area contributed by atoms with Crippen LogP contribution in [0.1, 0.15) is 10.6 Å². The predicted molar refractivity (Wildman–Crippen MR) is 69.3 cm³/mol. The Kier molecular flexibility index (Phi) is 2.31. The van der Waals surface area contributed by atoms with Gasteiger partial charge in [0.2, 0.25) is 0 Å². The van der Waals surface area contributed by atoms with E-state index in [1.54, 1.807) is 0 Å². The zero-order chi connectivity index (χ0) is 10.8. The van der Waals surface area contributed by atoms with Crippen molar-refractivity contribution in [3.8, 4) is 0 Å². The van der Waals surface area contributed by atoms with Gasteiger partial charge in [-0.1, -0.05) is 18.2 Å². The number of fused-ring (bicyclic) bond motifs is 1.